The lowest BCUT2D eigenvalue weighted by molar-refractivity contribution is -0.387. The van der Waals surface area contributed by atoms with E-state index in [-0.39, 0.29) is 0 Å². The van der Waals surface area contributed by atoms with Crippen LogP contribution in [0, 0.1) is 21.8 Å². The highest BCUT2D eigenvalue weighted by Gasteiger charge is 2.24. The predicted octanol–water partition coefficient (Wildman–Crippen LogP) is 2.97. The van der Waals surface area contributed by atoms with Crippen LogP contribution in [0.3, 0.4) is 0 Å². The summed E-state index contributed by atoms with van der Waals surface area (Å²) in [4.78, 5) is 11.9. The zero-order valence-corrected chi connectivity index (χ0v) is 9.73. The molecule has 1 fully saturated rings. The third-order valence-electron chi connectivity index (χ3n) is 3.15. The van der Waals surface area contributed by atoms with Crippen molar-refractivity contribution in [2.45, 2.75) is 19.8 Å². The lowest BCUT2D eigenvalue weighted by Gasteiger charge is -2.32. The molecule has 0 aromatic heterocycles. The van der Waals surface area contributed by atoms with Crippen LogP contribution in [0.1, 0.15) is 19.8 Å². The summed E-state index contributed by atoms with van der Waals surface area (Å²) in [5.74, 6) is -0.214. The minimum atomic E-state index is -0.716. The first-order valence-corrected chi connectivity index (χ1v) is 5.77. The van der Waals surface area contributed by atoms with E-state index in [9.17, 15) is 14.5 Å². The summed E-state index contributed by atoms with van der Waals surface area (Å²) in [5, 5.41) is 10.7. The van der Waals surface area contributed by atoms with Crippen LogP contribution < -0.4 is 4.90 Å². The normalized spacial score (nSPS) is 20.4. The molecule has 1 heterocycles. The van der Waals surface area contributed by atoms with Crippen molar-refractivity contribution >= 4 is 11.4 Å². The zero-order valence-electron chi connectivity index (χ0n) is 9.73. The van der Waals surface area contributed by atoms with Gasteiger partial charge in [0, 0.05) is 19.2 Å². The Kier molecular flexibility index (Phi) is 3.26. The number of piperidine rings is 1. The maximum atomic E-state index is 14.0. The van der Waals surface area contributed by atoms with E-state index in [2.05, 4.69) is 6.92 Å². The number of benzene rings is 1. The van der Waals surface area contributed by atoms with Crippen molar-refractivity contribution in [1.82, 2.24) is 0 Å². The molecule has 0 saturated carbocycles. The molecule has 1 aliphatic rings. The van der Waals surface area contributed by atoms with Crippen LogP contribution in [-0.4, -0.2) is 18.0 Å². The summed E-state index contributed by atoms with van der Waals surface area (Å²) in [6, 6.07) is 4.35. The summed E-state index contributed by atoms with van der Waals surface area (Å²) < 4.78 is 14.0. The van der Waals surface area contributed by atoms with Gasteiger partial charge in [-0.25, -0.2) is 0 Å². The van der Waals surface area contributed by atoms with E-state index in [1.165, 1.54) is 12.1 Å². The van der Waals surface area contributed by atoms with E-state index in [1.807, 2.05) is 4.90 Å². The average Bonchev–Trinajstić information content (AvgIpc) is 2.29. The number of anilines is 1. The third kappa shape index (κ3) is 2.38. The number of rotatable bonds is 2. The topological polar surface area (TPSA) is 46.4 Å². The first-order valence-electron chi connectivity index (χ1n) is 5.77. The quantitative estimate of drug-likeness (QED) is 0.587. The minimum absolute atomic E-state index is 0.353. The number of nitro benzene ring substituents is 1. The number of halogens is 1. The van der Waals surface area contributed by atoms with Crippen LogP contribution in [0.4, 0.5) is 15.8 Å². The predicted molar refractivity (Wildman–Crippen MR) is 63.7 cm³/mol. The molecule has 0 bridgehead atoms. The van der Waals surface area contributed by atoms with Gasteiger partial charge < -0.3 is 4.90 Å². The lowest BCUT2D eigenvalue weighted by Crippen LogP contribution is -2.34. The summed E-state index contributed by atoms with van der Waals surface area (Å²) in [7, 11) is 0. The molecule has 0 N–H and O–H groups in total. The molecule has 2 rings (SSSR count). The second-order valence-corrected chi connectivity index (χ2v) is 4.56. The molecule has 17 heavy (non-hydrogen) atoms. The molecule has 0 spiro atoms. The molecule has 92 valence electrons. The zero-order chi connectivity index (χ0) is 12.4. The SMILES string of the molecule is C[C@@H]1CCCN(c2cccc([N+](=O)[O-])c2F)C1. The van der Waals surface area contributed by atoms with Gasteiger partial charge >= 0.3 is 5.69 Å². The highest BCUT2D eigenvalue weighted by molar-refractivity contribution is 5.55. The molecule has 1 atom stereocenters. The van der Waals surface area contributed by atoms with E-state index in [0.29, 0.717) is 11.6 Å². The van der Waals surface area contributed by atoms with E-state index >= 15 is 0 Å². The van der Waals surface area contributed by atoms with Gasteiger partial charge in [-0.1, -0.05) is 13.0 Å². The third-order valence-corrected chi connectivity index (χ3v) is 3.15. The Morgan fingerprint density at radius 1 is 1.53 bits per heavy atom. The Hall–Kier alpha value is -1.65. The van der Waals surface area contributed by atoms with E-state index in [4.69, 9.17) is 0 Å². The number of nitro groups is 1. The number of nitrogens with zero attached hydrogens (tertiary/aromatic N) is 2. The first-order chi connectivity index (χ1) is 8.09. The summed E-state index contributed by atoms with van der Waals surface area (Å²) in [5.41, 5.74) is -0.0912. The van der Waals surface area contributed by atoms with Crippen molar-refractivity contribution in [2.24, 2.45) is 5.92 Å². The smallest absolute Gasteiger partial charge is 0.306 e. The fourth-order valence-electron chi connectivity index (χ4n) is 2.30. The molecule has 0 aliphatic carbocycles. The molecular weight excluding hydrogens is 223 g/mol. The summed E-state index contributed by atoms with van der Waals surface area (Å²) >= 11 is 0. The minimum Gasteiger partial charge on any atom is -0.369 e. The van der Waals surface area contributed by atoms with E-state index in [1.54, 1.807) is 6.07 Å². The Labute approximate surface area is 99.2 Å². The van der Waals surface area contributed by atoms with Gasteiger partial charge in [-0.3, -0.25) is 10.1 Å². The molecule has 1 aromatic carbocycles. The van der Waals surface area contributed by atoms with Gasteiger partial charge in [-0.15, -0.1) is 0 Å². The van der Waals surface area contributed by atoms with Crippen LogP contribution >= 0.6 is 0 Å². The fraction of sp³-hybridized carbons (Fsp3) is 0.500. The van der Waals surface area contributed by atoms with Crippen LogP contribution in [0.2, 0.25) is 0 Å². The van der Waals surface area contributed by atoms with Crippen molar-refractivity contribution < 1.29 is 9.31 Å². The molecule has 1 aromatic rings. The maximum absolute atomic E-state index is 14.0. The van der Waals surface area contributed by atoms with Crippen molar-refractivity contribution in [1.29, 1.82) is 0 Å². The van der Waals surface area contributed by atoms with Gasteiger partial charge in [0.05, 0.1) is 10.6 Å². The van der Waals surface area contributed by atoms with Crippen LogP contribution in [0.15, 0.2) is 18.2 Å². The molecule has 0 amide bonds. The Morgan fingerprint density at radius 3 is 2.94 bits per heavy atom. The molecule has 0 unspecified atom stereocenters. The molecule has 1 aliphatic heterocycles. The van der Waals surface area contributed by atoms with Gasteiger partial charge in [0.25, 0.3) is 0 Å². The van der Waals surface area contributed by atoms with Crippen molar-refractivity contribution in [3.8, 4) is 0 Å². The second kappa shape index (κ2) is 4.69. The molecule has 5 heteroatoms. The highest BCUT2D eigenvalue weighted by Crippen LogP contribution is 2.30. The maximum Gasteiger partial charge on any atom is 0.306 e. The Balaban J connectivity index is 2.32. The average molecular weight is 238 g/mol. The van der Waals surface area contributed by atoms with Crippen molar-refractivity contribution in [2.75, 3.05) is 18.0 Å². The van der Waals surface area contributed by atoms with Crippen LogP contribution in [0.5, 0.6) is 0 Å². The van der Waals surface area contributed by atoms with Crippen LogP contribution in [0.25, 0.3) is 0 Å². The molecular formula is C12H15FN2O2. The van der Waals surface area contributed by atoms with Gasteiger partial charge in [0.1, 0.15) is 0 Å². The lowest BCUT2D eigenvalue weighted by atomic mass is 9.99. The van der Waals surface area contributed by atoms with E-state index in [0.717, 1.165) is 25.9 Å². The summed E-state index contributed by atoms with van der Waals surface area (Å²) in [6.07, 6.45) is 2.14. The monoisotopic (exact) mass is 238 g/mol. The largest absolute Gasteiger partial charge is 0.369 e. The number of hydrogen-bond donors (Lipinski definition) is 0. The van der Waals surface area contributed by atoms with Gasteiger partial charge in [-0.2, -0.15) is 4.39 Å². The number of hydrogen-bond acceptors (Lipinski definition) is 3. The van der Waals surface area contributed by atoms with Gasteiger partial charge in [-0.05, 0) is 24.8 Å². The second-order valence-electron chi connectivity index (χ2n) is 4.56. The Morgan fingerprint density at radius 2 is 2.29 bits per heavy atom. The molecule has 0 radical (unpaired) electrons. The van der Waals surface area contributed by atoms with Crippen molar-refractivity contribution in [3.63, 3.8) is 0 Å². The van der Waals surface area contributed by atoms with E-state index < -0.39 is 16.4 Å². The standard InChI is InChI=1S/C12H15FN2O2/c1-9-4-3-7-14(8-9)10-5-2-6-11(12(10)13)15(16)17/h2,5-6,9H,3-4,7-8H2,1H3/t9-/m1/s1. The van der Waals surface area contributed by atoms with Crippen LogP contribution in [-0.2, 0) is 0 Å². The summed E-state index contributed by atoms with van der Waals surface area (Å²) in [6.45, 7) is 3.64. The molecule has 4 nitrogen and oxygen atoms in total. The first kappa shape index (κ1) is 11.8. The Bertz CT molecular complexity index is 437. The fourth-order valence-corrected chi connectivity index (χ4v) is 2.30. The molecule has 1 saturated heterocycles. The van der Waals surface area contributed by atoms with Crippen molar-refractivity contribution in [3.05, 3.63) is 34.1 Å². The van der Waals surface area contributed by atoms with Gasteiger partial charge in [0.2, 0.25) is 5.82 Å². The highest BCUT2D eigenvalue weighted by atomic mass is 19.1. The van der Waals surface area contributed by atoms with Gasteiger partial charge in [0.15, 0.2) is 0 Å².